The van der Waals surface area contributed by atoms with E-state index in [-0.39, 0.29) is 0 Å². The van der Waals surface area contributed by atoms with Crippen molar-refractivity contribution in [1.29, 1.82) is 0 Å². The van der Waals surface area contributed by atoms with Gasteiger partial charge in [0.1, 0.15) is 0 Å². The summed E-state index contributed by atoms with van der Waals surface area (Å²) in [6.45, 7) is 4.74. The molecule has 0 saturated carbocycles. The normalized spacial score (nSPS) is 12.0. The minimum Gasteiger partial charge on any atom is -0.355 e. The Morgan fingerprint density at radius 3 is 2.77 bits per heavy atom. The van der Waals surface area contributed by atoms with Crippen molar-refractivity contribution in [3.63, 3.8) is 0 Å². The molecule has 0 aliphatic heterocycles. The Morgan fingerprint density at radius 1 is 1.38 bits per heavy atom. The molecule has 0 saturated heterocycles. The lowest BCUT2D eigenvalue weighted by Crippen LogP contribution is -2.12. The lowest BCUT2D eigenvalue weighted by molar-refractivity contribution is -0.109. The summed E-state index contributed by atoms with van der Waals surface area (Å²) in [5.74, 6) is 0. The van der Waals surface area contributed by atoms with Gasteiger partial charge in [0.25, 0.3) is 0 Å². The van der Waals surface area contributed by atoms with Crippen LogP contribution in [0.3, 0.4) is 0 Å². The Kier molecular flexibility index (Phi) is 8.31. The number of allylic oxidation sites excluding steroid dienone is 3. The highest BCUT2D eigenvalue weighted by molar-refractivity contribution is 5.46. The Labute approximate surface area is 80.7 Å². The zero-order valence-electron chi connectivity index (χ0n) is 8.55. The van der Waals surface area contributed by atoms with Crippen LogP contribution in [-0.4, -0.2) is 13.0 Å². The van der Waals surface area contributed by atoms with Crippen molar-refractivity contribution in [2.24, 2.45) is 0 Å². The second-order valence-corrected chi connectivity index (χ2v) is 3.05. The zero-order chi connectivity index (χ0) is 9.94. The Hall–Kier alpha value is -1.05. The minimum atomic E-state index is 0.674. The predicted octanol–water partition coefficient (Wildman–Crippen LogP) is 2.43. The largest absolute Gasteiger partial charge is 0.355 e. The van der Waals surface area contributed by atoms with Crippen LogP contribution in [0.25, 0.3) is 0 Å². The predicted molar refractivity (Wildman–Crippen MR) is 56.5 cm³/mol. The molecule has 0 aliphatic rings. The molecular formula is C11H19NO. The number of unbranched alkanes of at least 4 members (excludes halogenated alkanes) is 2. The van der Waals surface area contributed by atoms with Gasteiger partial charge >= 0.3 is 0 Å². The highest BCUT2D eigenvalue weighted by Gasteiger charge is 1.87. The third-order valence-electron chi connectivity index (χ3n) is 1.77. The molecule has 0 fully saturated rings. The van der Waals surface area contributed by atoms with Gasteiger partial charge in [-0.2, -0.15) is 0 Å². The van der Waals surface area contributed by atoms with Gasteiger partial charge < -0.3 is 5.32 Å². The van der Waals surface area contributed by atoms with E-state index in [0.29, 0.717) is 6.54 Å². The molecule has 0 rings (SSSR count). The van der Waals surface area contributed by atoms with Gasteiger partial charge in [0.05, 0.1) is 0 Å². The first-order chi connectivity index (χ1) is 6.31. The van der Waals surface area contributed by atoms with E-state index in [1.165, 1.54) is 12.0 Å². The van der Waals surface area contributed by atoms with Gasteiger partial charge in [0, 0.05) is 6.54 Å². The Morgan fingerprint density at radius 2 is 2.15 bits per heavy atom. The Bertz CT molecular complexity index is 183. The molecule has 0 unspecified atom stereocenters. The van der Waals surface area contributed by atoms with Gasteiger partial charge in [0.2, 0.25) is 6.41 Å². The Balaban J connectivity index is 3.41. The molecule has 0 aromatic rings. The number of hydrogen-bond donors (Lipinski definition) is 1. The van der Waals surface area contributed by atoms with Gasteiger partial charge in [-0.25, -0.2) is 0 Å². The first-order valence-corrected chi connectivity index (χ1v) is 4.75. The molecule has 1 amide bonds. The second-order valence-electron chi connectivity index (χ2n) is 3.05. The summed E-state index contributed by atoms with van der Waals surface area (Å²) in [7, 11) is 0. The fraction of sp³-hybridized carbons (Fsp3) is 0.545. The molecule has 0 radical (unpaired) electrons. The van der Waals surface area contributed by atoms with E-state index in [2.05, 4.69) is 23.5 Å². The first-order valence-electron chi connectivity index (χ1n) is 4.75. The molecule has 0 aromatic heterocycles. The minimum absolute atomic E-state index is 0.674. The lowest BCUT2D eigenvalue weighted by Gasteiger charge is -1.98. The van der Waals surface area contributed by atoms with Crippen molar-refractivity contribution in [3.05, 3.63) is 23.8 Å². The lowest BCUT2D eigenvalue weighted by atomic mass is 10.1. The number of rotatable bonds is 7. The van der Waals surface area contributed by atoms with Crippen LogP contribution in [0.5, 0.6) is 0 Å². The summed E-state index contributed by atoms with van der Waals surface area (Å²) in [5.41, 5.74) is 1.23. The fourth-order valence-electron chi connectivity index (χ4n) is 1.03. The van der Waals surface area contributed by atoms with Crippen molar-refractivity contribution >= 4 is 6.41 Å². The molecule has 0 spiro atoms. The summed E-state index contributed by atoms with van der Waals surface area (Å²) in [6, 6.07) is 0. The van der Waals surface area contributed by atoms with Gasteiger partial charge in [-0.1, -0.05) is 23.8 Å². The zero-order valence-corrected chi connectivity index (χ0v) is 8.55. The van der Waals surface area contributed by atoms with Crippen molar-refractivity contribution in [1.82, 2.24) is 5.32 Å². The maximum Gasteiger partial charge on any atom is 0.207 e. The van der Waals surface area contributed by atoms with Crippen molar-refractivity contribution < 1.29 is 4.79 Å². The van der Waals surface area contributed by atoms with Crippen molar-refractivity contribution in [2.45, 2.75) is 33.1 Å². The molecule has 0 bridgehead atoms. The van der Waals surface area contributed by atoms with Crippen LogP contribution in [0.15, 0.2) is 23.8 Å². The van der Waals surface area contributed by atoms with E-state index in [1.807, 2.05) is 13.8 Å². The SMILES string of the molecule is C/C=C\CCC/C=C(\C)CNC=O. The number of hydrogen-bond acceptors (Lipinski definition) is 1. The quantitative estimate of drug-likeness (QED) is 0.365. The van der Waals surface area contributed by atoms with E-state index in [4.69, 9.17) is 0 Å². The van der Waals surface area contributed by atoms with Crippen LogP contribution in [-0.2, 0) is 4.79 Å². The molecule has 2 nitrogen and oxygen atoms in total. The molecule has 0 heterocycles. The highest BCUT2D eigenvalue weighted by atomic mass is 16.1. The van der Waals surface area contributed by atoms with Gasteiger partial charge in [-0.05, 0) is 33.1 Å². The molecule has 0 aliphatic carbocycles. The highest BCUT2D eigenvalue weighted by Crippen LogP contribution is 2.01. The summed E-state index contributed by atoms with van der Waals surface area (Å²) < 4.78 is 0. The number of nitrogens with one attached hydrogen (secondary N) is 1. The molecule has 0 atom stereocenters. The van der Waals surface area contributed by atoms with E-state index in [1.54, 1.807) is 0 Å². The average Bonchev–Trinajstić information content (AvgIpc) is 2.14. The number of carbonyl (C=O) groups excluding carboxylic acids is 1. The first kappa shape index (κ1) is 11.9. The van der Waals surface area contributed by atoms with Crippen LogP contribution in [0, 0.1) is 0 Å². The van der Waals surface area contributed by atoms with Crippen LogP contribution in [0.4, 0.5) is 0 Å². The van der Waals surface area contributed by atoms with Crippen LogP contribution < -0.4 is 5.32 Å². The molecule has 0 aromatic carbocycles. The molecule has 1 N–H and O–H groups in total. The van der Waals surface area contributed by atoms with Crippen LogP contribution in [0.1, 0.15) is 33.1 Å². The maximum atomic E-state index is 9.98. The van der Waals surface area contributed by atoms with Crippen molar-refractivity contribution in [2.75, 3.05) is 6.54 Å². The topological polar surface area (TPSA) is 29.1 Å². The van der Waals surface area contributed by atoms with Crippen molar-refractivity contribution in [3.8, 4) is 0 Å². The monoisotopic (exact) mass is 181 g/mol. The van der Waals surface area contributed by atoms with E-state index in [0.717, 1.165) is 19.3 Å². The number of amides is 1. The summed E-state index contributed by atoms with van der Waals surface area (Å²) in [4.78, 5) is 9.98. The molecular weight excluding hydrogens is 162 g/mol. The van der Waals surface area contributed by atoms with Gasteiger partial charge in [-0.3, -0.25) is 4.79 Å². The molecule has 74 valence electrons. The summed E-state index contributed by atoms with van der Waals surface area (Å²) in [5, 5.41) is 2.64. The maximum absolute atomic E-state index is 9.98. The number of carbonyl (C=O) groups is 1. The van der Waals surface area contributed by atoms with E-state index < -0.39 is 0 Å². The van der Waals surface area contributed by atoms with Crippen LogP contribution in [0.2, 0.25) is 0 Å². The molecule has 2 heteroatoms. The summed E-state index contributed by atoms with van der Waals surface area (Å²) >= 11 is 0. The van der Waals surface area contributed by atoms with Gasteiger partial charge in [0.15, 0.2) is 0 Å². The standard InChI is InChI=1S/C11H19NO/c1-3-4-5-6-7-8-11(2)9-12-10-13/h3-4,8,10H,5-7,9H2,1-2H3,(H,12,13)/b4-3-,11-8+. The fourth-order valence-corrected chi connectivity index (χ4v) is 1.03. The van der Waals surface area contributed by atoms with Gasteiger partial charge in [-0.15, -0.1) is 0 Å². The average molecular weight is 181 g/mol. The van der Waals surface area contributed by atoms with Crippen LogP contribution >= 0.6 is 0 Å². The second kappa shape index (κ2) is 9.04. The van der Waals surface area contributed by atoms with E-state index in [9.17, 15) is 4.79 Å². The smallest absolute Gasteiger partial charge is 0.207 e. The third kappa shape index (κ3) is 8.86. The summed E-state index contributed by atoms with van der Waals surface area (Å²) in [6.07, 6.45) is 10.6. The van der Waals surface area contributed by atoms with E-state index >= 15 is 0 Å². The third-order valence-corrected chi connectivity index (χ3v) is 1.77. The molecule has 13 heavy (non-hydrogen) atoms.